The van der Waals surface area contributed by atoms with Gasteiger partial charge in [-0.2, -0.15) is 0 Å². The van der Waals surface area contributed by atoms with E-state index in [1.807, 2.05) is 45.9 Å². The molecule has 4 rings (SSSR count). The number of aryl methyl sites for hydroxylation is 2. The van der Waals surface area contributed by atoms with Gasteiger partial charge in [0.25, 0.3) is 0 Å². The van der Waals surface area contributed by atoms with Crippen LogP contribution in [-0.2, 0) is 16.0 Å². The first-order chi connectivity index (χ1) is 17.9. The summed E-state index contributed by atoms with van der Waals surface area (Å²) >= 11 is 3.83. The molecule has 2 aromatic carbocycles. The molecule has 0 aliphatic heterocycles. The molecule has 3 aromatic rings. The molecule has 0 spiro atoms. The van der Waals surface area contributed by atoms with Crippen molar-refractivity contribution in [3.05, 3.63) is 82.8 Å². The van der Waals surface area contributed by atoms with Crippen molar-refractivity contribution in [1.82, 2.24) is 10.3 Å². The van der Waals surface area contributed by atoms with Gasteiger partial charge in [-0.1, -0.05) is 24.4 Å². The van der Waals surface area contributed by atoms with E-state index in [0.29, 0.717) is 23.4 Å². The van der Waals surface area contributed by atoms with Gasteiger partial charge in [-0.3, -0.25) is 0 Å². The summed E-state index contributed by atoms with van der Waals surface area (Å²) in [5.41, 5.74) is 4.44. The first-order valence-corrected chi connectivity index (χ1v) is 12.0. The van der Waals surface area contributed by atoms with E-state index in [1.54, 1.807) is 18.3 Å². The first kappa shape index (κ1) is 31.3. The lowest BCUT2D eigenvalue weighted by atomic mass is 9.87. The lowest BCUT2D eigenvalue weighted by Crippen LogP contribution is -2.22. The molecule has 1 atom stereocenters. The van der Waals surface area contributed by atoms with Crippen molar-refractivity contribution in [2.75, 3.05) is 13.7 Å². The number of aliphatic carboxylic acids is 1. The Hall–Kier alpha value is -3.69. The fourth-order valence-electron chi connectivity index (χ4n) is 3.81. The molecule has 1 aromatic heterocycles. The van der Waals surface area contributed by atoms with Crippen LogP contribution in [0.4, 0.5) is 4.39 Å². The summed E-state index contributed by atoms with van der Waals surface area (Å²) in [4.78, 5) is 22.7. The van der Waals surface area contributed by atoms with E-state index < -0.39 is 5.97 Å². The zero-order chi connectivity index (χ0) is 27.8. The van der Waals surface area contributed by atoms with Crippen LogP contribution < -0.4 is 14.8 Å². The highest BCUT2D eigenvalue weighted by molar-refractivity contribution is 7.77. The molecule has 2 N–H and O–H groups in total. The molecule has 7 nitrogen and oxygen atoms in total. The van der Waals surface area contributed by atoms with Gasteiger partial charge < -0.3 is 24.7 Å². The average Bonchev–Trinajstić information content (AvgIpc) is 2.92. The highest BCUT2D eigenvalue weighted by atomic mass is 32.1. The van der Waals surface area contributed by atoms with E-state index >= 15 is 0 Å². The maximum Gasteiger partial charge on any atom is 0.341 e. The third kappa shape index (κ3) is 10.1. The Balaban J connectivity index is 0.000000327. The maximum atomic E-state index is 12.7. The van der Waals surface area contributed by atoms with Crippen molar-refractivity contribution >= 4 is 30.8 Å². The molecule has 0 saturated carbocycles. The van der Waals surface area contributed by atoms with Gasteiger partial charge in [0.1, 0.15) is 24.1 Å². The second kappa shape index (κ2) is 16.9. The number of carboxylic acid groups (broad SMARTS) is 1. The molecular formula is C28H33FN2O5S. The predicted octanol–water partition coefficient (Wildman–Crippen LogP) is 5.81. The lowest BCUT2D eigenvalue weighted by Gasteiger charge is -2.26. The average molecular weight is 529 g/mol. The summed E-state index contributed by atoms with van der Waals surface area (Å²) in [6, 6.07) is 14.1. The van der Waals surface area contributed by atoms with Gasteiger partial charge in [0, 0.05) is 17.8 Å². The fraction of sp³-hybridized carbons (Fsp3) is 0.286. The zero-order valence-corrected chi connectivity index (χ0v) is 22.1. The number of thiocarbonyl (C=S) groups is 1. The number of ether oxygens (including phenoxy) is 2. The number of halogens is 1. The lowest BCUT2D eigenvalue weighted by molar-refractivity contribution is -0.139. The monoisotopic (exact) mass is 528 g/mol. The molecule has 0 bridgehead atoms. The minimum absolute atomic E-state index is 0.277. The number of rotatable bonds is 6. The molecule has 1 aliphatic rings. The van der Waals surface area contributed by atoms with Gasteiger partial charge in [0.05, 0.1) is 0 Å². The van der Waals surface area contributed by atoms with E-state index in [4.69, 9.17) is 19.4 Å². The van der Waals surface area contributed by atoms with E-state index in [0.717, 1.165) is 36.0 Å². The number of carboxylic acids is 1. The molecular weight excluding hydrogens is 495 g/mol. The van der Waals surface area contributed by atoms with Crippen molar-refractivity contribution in [3.63, 3.8) is 0 Å². The highest BCUT2D eigenvalue weighted by Gasteiger charge is 2.21. The highest BCUT2D eigenvalue weighted by Crippen LogP contribution is 2.35. The number of carbonyl (C=O) groups excluding carboxylic acids is 1. The largest absolute Gasteiger partial charge is 0.482 e. The number of aromatic nitrogens is 1. The van der Waals surface area contributed by atoms with E-state index in [2.05, 4.69) is 34.5 Å². The number of hydrogen-bond acceptors (Lipinski definition) is 7. The van der Waals surface area contributed by atoms with E-state index in [9.17, 15) is 9.18 Å². The third-order valence-corrected chi connectivity index (χ3v) is 5.36. The van der Waals surface area contributed by atoms with Crippen LogP contribution in [0.1, 0.15) is 41.1 Å². The molecule has 0 unspecified atom stereocenters. The van der Waals surface area contributed by atoms with Crippen LogP contribution >= 0.6 is 12.2 Å². The number of benzene rings is 2. The van der Waals surface area contributed by atoms with Gasteiger partial charge in [-0.05, 0) is 99.1 Å². The van der Waals surface area contributed by atoms with Crippen LogP contribution in [0.25, 0.3) is 0 Å². The van der Waals surface area contributed by atoms with Gasteiger partial charge in [-0.15, -0.1) is 0 Å². The SMILES string of the molecule is C=O.C=S.CN[C@@H]1CCCc2c(OCC(=O)O)cccc21.Cc1cnc(Oc2ccc(F)cc2)c(C)c1. The van der Waals surface area contributed by atoms with Gasteiger partial charge in [0.15, 0.2) is 6.61 Å². The number of hydrogen-bond donors (Lipinski definition) is 2. The van der Waals surface area contributed by atoms with Crippen LogP contribution in [0.5, 0.6) is 17.4 Å². The van der Waals surface area contributed by atoms with E-state index in [1.165, 1.54) is 17.7 Å². The molecule has 9 heteroatoms. The van der Waals surface area contributed by atoms with Crippen LogP contribution in [0.2, 0.25) is 0 Å². The maximum absolute atomic E-state index is 12.7. The topological polar surface area (TPSA) is 97.8 Å². The number of nitrogens with one attached hydrogen (secondary N) is 1. The quantitative estimate of drug-likeness (QED) is 0.387. The smallest absolute Gasteiger partial charge is 0.341 e. The van der Waals surface area contributed by atoms with Gasteiger partial charge >= 0.3 is 5.97 Å². The Labute approximate surface area is 222 Å². The Kier molecular flexibility index (Phi) is 14.3. The summed E-state index contributed by atoms with van der Waals surface area (Å²) in [5, 5.41) is 11.9. The minimum Gasteiger partial charge on any atom is -0.482 e. The summed E-state index contributed by atoms with van der Waals surface area (Å²) in [7, 11) is 1.95. The van der Waals surface area contributed by atoms with Gasteiger partial charge in [0.2, 0.25) is 5.88 Å². The van der Waals surface area contributed by atoms with Crippen molar-refractivity contribution in [1.29, 1.82) is 0 Å². The summed E-state index contributed by atoms with van der Waals surface area (Å²) < 4.78 is 23.6. The number of carbonyl (C=O) groups is 2. The second-order valence-electron chi connectivity index (χ2n) is 7.93. The van der Waals surface area contributed by atoms with Crippen LogP contribution in [0.15, 0.2) is 54.7 Å². The number of pyridine rings is 1. The number of fused-ring (bicyclic) bond motifs is 1. The first-order valence-electron chi connectivity index (χ1n) is 11.5. The molecule has 0 amide bonds. The summed E-state index contributed by atoms with van der Waals surface area (Å²) in [5.74, 6) is 3.47. The van der Waals surface area contributed by atoms with Gasteiger partial charge in [-0.25, -0.2) is 14.2 Å². The minimum atomic E-state index is -0.941. The molecule has 0 radical (unpaired) electrons. The van der Waals surface area contributed by atoms with Crippen molar-refractivity contribution in [3.8, 4) is 17.4 Å². The van der Waals surface area contributed by atoms with E-state index in [-0.39, 0.29) is 12.4 Å². The Morgan fingerprint density at radius 1 is 1.19 bits per heavy atom. The van der Waals surface area contributed by atoms with Crippen molar-refractivity contribution < 1.29 is 28.6 Å². The summed E-state index contributed by atoms with van der Waals surface area (Å²) in [6.45, 7) is 5.63. The van der Waals surface area contributed by atoms with Crippen LogP contribution in [0, 0.1) is 19.7 Å². The Bertz CT molecular complexity index is 1130. The fourth-order valence-corrected chi connectivity index (χ4v) is 3.81. The Morgan fingerprint density at radius 3 is 2.46 bits per heavy atom. The number of nitrogens with zero attached hydrogens (tertiary/aromatic N) is 1. The molecule has 1 heterocycles. The van der Waals surface area contributed by atoms with Crippen molar-refractivity contribution in [2.45, 2.75) is 39.2 Å². The van der Waals surface area contributed by atoms with Crippen LogP contribution in [0.3, 0.4) is 0 Å². The second-order valence-corrected chi connectivity index (χ2v) is 7.93. The molecule has 0 saturated heterocycles. The zero-order valence-electron chi connectivity index (χ0n) is 21.3. The third-order valence-electron chi connectivity index (χ3n) is 5.36. The molecule has 37 heavy (non-hydrogen) atoms. The predicted molar refractivity (Wildman–Crippen MR) is 146 cm³/mol. The van der Waals surface area contributed by atoms with Crippen LogP contribution in [-0.4, -0.2) is 42.4 Å². The van der Waals surface area contributed by atoms with Crippen molar-refractivity contribution in [2.24, 2.45) is 0 Å². The molecule has 0 fully saturated rings. The summed E-state index contributed by atoms with van der Waals surface area (Å²) in [6.07, 6.45) is 4.92. The standard InChI is InChI=1S/C13H12FNO.C13H17NO3.CH2O.CH2S/c1-9-7-10(2)13(15-8-9)16-12-5-3-11(14)4-6-12;1-14-11-6-2-5-10-9(11)4-3-7-12(10)17-8-13(15)16;2*1-2/h3-8H,1-2H3;3-4,7,11,14H,2,5-6,8H2,1H3,(H,15,16);2*1H2/t;11-;;/m.1../s1. The normalized spacial score (nSPS) is 13.1. The molecule has 1 aliphatic carbocycles. The Morgan fingerprint density at radius 2 is 1.86 bits per heavy atom. The molecule has 198 valence electrons.